The Hall–Kier alpha value is -3.83. The number of halogens is 3. The van der Waals surface area contributed by atoms with Crippen LogP contribution >= 0.6 is 0 Å². The first kappa shape index (κ1) is 29.7. The van der Waals surface area contributed by atoms with Crippen LogP contribution in [0.15, 0.2) is 48.5 Å². The van der Waals surface area contributed by atoms with E-state index >= 15 is 0 Å². The van der Waals surface area contributed by atoms with Crippen molar-refractivity contribution in [2.45, 2.75) is 50.7 Å². The lowest BCUT2D eigenvalue weighted by Crippen LogP contribution is -2.51. The van der Waals surface area contributed by atoms with Gasteiger partial charge in [-0.15, -0.1) is 0 Å². The van der Waals surface area contributed by atoms with Crippen molar-refractivity contribution < 1.29 is 27.7 Å². The fourth-order valence-electron chi connectivity index (χ4n) is 6.47. The van der Waals surface area contributed by atoms with Crippen LogP contribution in [-0.4, -0.2) is 71.8 Å². The third-order valence-electron chi connectivity index (χ3n) is 8.76. The SMILES string of the molecule is O=C([C@@H]1CCC[C@H](C(=O)N2CCC(Nc3ccc([N+](=O)[O-])c(C(F)(F)F)c3)CC2)C1)N1CCN(c2ccccc2)CC1. The smallest absolute Gasteiger partial charge is 0.382 e. The summed E-state index contributed by atoms with van der Waals surface area (Å²) in [5, 5.41) is 14.1. The van der Waals surface area contributed by atoms with Crippen LogP contribution < -0.4 is 10.2 Å². The molecular formula is C30H36F3N5O4. The Morgan fingerprint density at radius 2 is 1.43 bits per heavy atom. The highest BCUT2D eigenvalue weighted by atomic mass is 19.4. The molecule has 1 saturated carbocycles. The number of hydrogen-bond donors (Lipinski definition) is 1. The highest BCUT2D eigenvalue weighted by Crippen LogP contribution is 2.38. The van der Waals surface area contributed by atoms with E-state index in [2.05, 4.69) is 22.3 Å². The number of nitro benzene ring substituents is 1. The standard InChI is InChI=1S/C30H36F3N5O4/c31-30(32,33)26-20-24(9-10-27(26)38(41)42)34-23-11-13-36(14-12-23)28(39)21-5-4-6-22(19-21)29(40)37-17-15-35(16-18-37)25-7-2-1-3-8-25/h1-3,7-10,20-23,34H,4-6,11-19H2/t21-,22+/m0/s1. The predicted molar refractivity (Wildman–Crippen MR) is 152 cm³/mol. The van der Waals surface area contributed by atoms with Crippen LogP contribution in [0.4, 0.5) is 30.2 Å². The molecule has 12 heteroatoms. The molecule has 3 fully saturated rings. The number of para-hydroxylation sites is 1. The summed E-state index contributed by atoms with van der Waals surface area (Å²) >= 11 is 0. The van der Waals surface area contributed by atoms with Gasteiger partial charge < -0.3 is 20.0 Å². The van der Waals surface area contributed by atoms with Crippen LogP contribution in [0.1, 0.15) is 44.1 Å². The van der Waals surface area contributed by atoms with Crippen molar-refractivity contribution in [3.63, 3.8) is 0 Å². The number of piperazine rings is 1. The Kier molecular flexibility index (Phi) is 8.88. The second-order valence-corrected chi connectivity index (χ2v) is 11.4. The van der Waals surface area contributed by atoms with Crippen LogP contribution in [0.3, 0.4) is 0 Å². The van der Waals surface area contributed by atoms with E-state index in [0.29, 0.717) is 45.4 Å². The fraction of sp³-hybridized carbons (Fsp3) is 0.533. The summed E-state index contributed by atoms with van der Waals surface area (Å²) in [7, 11) is 0. The molecule has 0 aromatic heterocycles. The normalized spacial score (nSPS) is 22.1. The van der Waals surface area contributed by atoms with E-state index in [4.69, 9.17) is 0 Å². The number of piperidine rings is 1. The number of nitrogens with one attached hydrogen (secondary N) is 1. The van der Waals surface area contributed by atoms with Crippen LogP contribution in [0.25, 0.3) is 0 Å². The number of anilines is 2. The summed E-state index contributed by atoms with van der Waals surface area (Å²) < 4.78 is 40.0. The second kappa shape index (κ2) is 12.6. The minimum absolute atomic E-state index is 0.0505. The Bertz CT molecular complexity index is 1280. The molecule has 1 N–H and O–H groups in total. The molecule has 2 aromatic carbocycles. The first-order chi connectivity index (χ1) is 20.1. The molecular weight excluding hydrogens is 551 g/mol. The molecule has 226 valence electrons. The molecule has 42 heavy (non-hydrogen) atoms. The van der Waals surface area contributed by atoms with Gasteiger partial charge in [-0.3, -0.25) is 19.7 Å². The Morgan fingerprint density at radius 1 is 0.833 bits per heavy atom. The molecule has 0 radical (unpaired) electrons. The largest absolute Gasteiger partial charge is 0.423 e. The predicted octanol–water partition coefficient (Wildman–Crippen LogP) is 5.17. The highest BCUT2D eigenvalue weighted by Gasteiger charge is 2.39. The molecule has 9 nitrogen and oxygen atoms in total. The van der Waals surface area contributed by atoms with Crippen LogP contribution in [-0.2, 0) is 15.8 Å². The van der Waals surface area contributed by atoms with Gasteiger partial charge in [-0.05, 0) is 56.4 Å². The van der Waals surface area contributed by atoms with Gasteiger partial charge in [-0.25, -0.2) is 0 Å². The summed E-state index contributed by atoms with van der Waals surface area (Å²) in [5.41, 5.74) is -0.946. The average molecular weight is 588 g/mol. The maximum Gasteiger partial charge on any atom is 0.423 e. The maximum atomic E-state index is 13.4. The Morgan fingerprint density at radius 3 is 2.00 bits per heavy atom. The third-order valence-corrected chi connectivity index (χ3v) is 8.76. The van der Waals surface area contributed by atoms with E-state index < -0.39 is 22.4 Å². The first-order valence-electron chi connectivity index (χ1n) is 14.6. The Balaban J connectivity index is 1.11. The van der Waals surface area contributed by atoms with Gasteiger partial charge in [0.1, 0.15) is 5.56 Å². The molecule has 0 unspecified atom stereocenters. The zero-order valence-electron chi connectivity index (χ0n) is 23.4. The van der Waals surface area contributed by atoms with Crippen molar-refractivity contribution in [1.29, 1.82) is 0 Å². The van der Waals surface area contributed by atoms with E-state index in [1.165, 1.54) is 6.07 Å². The van der Waals surface area contributed by atoms with Gasteiger partial charge in [0.2, 0.25) is 11.8 Å². The topological polar surface area (TPSA) is 99.0 Å². The van der Waals surface area contributed by atoms with Gasteiger partial charge >= 0.3 is 6.18 Å². The molecule has 5 rings (SSSR count). The zero-order valence-corrected chi connectivity index (χ0v) is 23.4. The van der Waals surface area contributed by atoms with E-state index in [-0.39, 0.29) is 35.4 Å². The van der Waals surface area contributed by atoms with Gasteiger partial charge in [0.15, 0.2) is 0 Å². The fourth-order valence-corrected chi connectivity index (χ4v) is 6.47. The van der Waals surface area contributed by atoms with Gasteiger partial charge in [0.05, 0.1) is 4.92 Å². The molecule has 2 aliphatic heterocycles. The average Bonchev–Trinajstić information content (AvgIpc) is 3.01. The molecule has 1 aliphatic carbocycles. The number of rotatable bonds is 6. The quantitative estimate of drug-likeness (QED) is 0.370. The molecule has 2 saturated heterocycles. The van der Waals surface area contributed by atoms with Crippen LogP contribution in [0.2, 0.25) is 0 Å². The summed E-state index contributed by atoms with van der Waals surface area (Å²) in [6.45, 7) is 3.83. The van der Waals surface area contributed by atoms with Crippen molar-refractivity contribution in [3.8, 4) is 0 Å². The second-order valence-electron chi connectivity index (χ2n) is 11.4. The van der Waals surface area contributed by atoms with E-state index in [0.717, 1.165) is 50.2 Å². The van der Waals surface area contributed by atoms with Crippen molar-refractivity contribution in [2.24, 2.45) is 11.8 Å². The monoisotopic (exact) mass is 587 g/mol. The van der Waals surface area contributed by atoms with E-state index in [1.807, 2.05) is 28.0 Å². The minimum Gasteiger partial charge on any atom is -0.382 e. The molecule has 0 bridgehead atoms. The van der Waals surface area contributed by atoms with Crippen molar-refractivity contribution in [3.05, 3.63) is 64.2 Å². The molecule has 2 amide bonds. The first-order valence-corrected chi connectivity index (χ1v) is 14.6. The summed E-state index contributed by atoms with van der Waals surface area (Å²) in [6.07, 6.45) is -0.816. The number of nitrogens with zero attached hydrogens (tertiary/aromatic N) is 4. The van der Waals surface area contributed by atoms with Gasteiger partial charge in [-0.2, -0.15) is 13.2 Å². The molecule has 2 atom stereocenters. The lowest BCUT2D eigenvalue weighted by Gasteiger charge is -2.40. The molecule has 3 aliphatic rings. The van der Waals surface area contributed by atoms with Crippen LogP contribution in [0.5, 0.6) is 0 Å². The minimum atomic E-state index is -4.84. The number of carbonyl (C=O) groups excluding carboxylic acids is 2. The number of benzene rings is 2. The number of alkyl halides is 3. The summed E-state index contributed by atoms with van der Waals surface area (Å²) in [6, 6.07) is 12.9. The number of hydrogen-bond acceptors (Lipinski definition) is 6. The third kappa shape index (κ3) is 6.79. The van der Waals surface area contributed by atoms with Crippen LogP contribution in [0, 0.1) is 22.0 Å². The lowest BCUT2D eigenvalue weighted by molar-refractivity contribution is -0.388. The molecule has 2 aromatic rings. The van der Waals surface area contributed by atoms with Gasteiger partial charge in [0, 0.05) is 74.6 Å². The highest BCUT2D eigenvalue weighted by molar-refractivity contribution is 5.83. The number of amides is 2. The Labute approximate surface area is 242 Å². The number of nitro groups is 1. The van der Waals surface area contributed by atoms with E-state index in [1.54, 1.807) is 0 Å². The molecule has 0 spiro atoms. The summed E-state index contributed by atoms with van der Waals surface area (Å²) in [5.74, 6) is -0.161. The van der Waals surface area contributed by atoms with Crippen molar-refractivity contribution in [1.82, 2.24) is 9.80 Å². The zero-order chi connectivity index (χ0) is 29.9. The number of likely N-dealkylation sites (tertiary alicyclic amines) is 1. The van der Waals surface area contributed by atoms with Crippen molar-refractivity contribution >= 4 is 28.9 Å². The lowest BCUT2D eigenvalue weighted by atomic mass is 9.79. The molecule has 2 heterocycles. The van der Waals surface area contributed by atoms with E-state index in [9.17, 15) is 32.9 Å². The number of carbonyl (C=O) groups is 2. The van der Waals surface area contributed by atoms with Gasteiger partial charge in [0.25, 0.3) is 5.69 Å². The van der Waals surface area contributed by atoms with Gasteiger partial charge in [-0.1, -0.05) is 24.6 Å². The summed E-state index contributed by atoms with van der Waals surface area (Å²) in [4.78, 5) is 42.8. The van der Waals surface area contributed by atoms with Crippen molar-refractivity contribution in [2.75, 3.05) is 49.5 Å². The maximum absolute atomic E-state index is 13.4.